The highest BCUT2D eigenvalue weighted by molar-refractivity contribution is 6.32. The summed E-state index contributed by atoms with van der Waals surface area (Å²) in [6.07, 6.45) is 1.42. The number of rotatable bonds is 5. The monoisotopic (exact) mass is 490 g/mol. The maximum atomic E-state index is 12.8. The minimum absolute atomic E-state index is 0.0190. The van der Waals surface area contributed by atoms with E-state index in [4.69, 9.17) is 11.6 Å². The van der Waals surface area contributed by atoms with Crippen molar-refractivity contribution >= 4 is 40.0 Å². The van der Waals surface area contributed by atoms with Gasteiger partial charge in [0.15, 0.2) is 5.65 Å². The van der Waals surface area contributed by atoms with E-state index in [1.54, 1.807) is 13.0 Å². The first kappa shape index (κ1) is 22.0. The lowest BCUT2D eigenvalue weighted by molar-refractivity contribution is -0.384. The van der Waals surface area contributed by atoms with Crippen LogP contribution in [0.4, 0.5) is 11.5 Å². The molecule has 3 heterocycles. The van der Waals surface area contributed by atoms with E-state index in [0.29, 0.717) is 17.0 Å². The number of amides is 1. The van der Waals surface area contributed by atoms with Crippen molar-refractivity contribution in [1.29, 1.82) is 0 Å². The van der Waals surface area contributed by atoms with Gasteiger partial charge in [0, 0.05) is 17.7 Å². The van der Waals surface area contributed by atoms with Crippen LogP contribution in [0.15, 0.2) is 65.6 Å². The molecule has 0 aliphatic rings. The average Bonchev–Trinajstić information content (AvgIpc) is 3.43. The third kappa shape index (κ3) is 4.02. The summed E-state index contributed by atoms with van der Waals surface area (Å²) in [6.45, 7) is 1.70. The molecular weight excluding hydrogens is 476 g/mol. The number of H-pyrrole nitrogens is 1. The average molecular weight is 491 g/mol. The first-order valence-corrected chi connectivity index (χ1v) is 10.6. The number of aromatic amines is 1. The number of fused-ring (bicyclic) bond motifs is 1. The Balaban J connectivity index is 1.56. The van der Waals surface area contributed by atoms with Gasteiger partial charge in [-0.2, -0.15) is 19.9 Å². The summed E-state index contributed by atoms with van der Waals surface area (Å²) in [4.78, 5) is 43.3. The number of carbonyl (C=O) groups is 1. The quantitative estimate of drug-likeness (QED) is 0.282. The summed E-state index contributed by atoms with van der Waals surface area (Å²) in [5.41, 5.74) is 0.725. The van der Waals surface area contributed by atoms with E-state index in [2.05, 4.69) is 25.5 Å². The second-order valence-electron chi connectivity index (χ2n) is 7.48. The van der Waals surface area contributed by atoms with E-state index in [0.717, 1.165) is 6.07 Å². The van der Waals surface area contributed by atoms with Crippen LogP contribution in [0.25, 0.3) is 22.7 Å². The summed E-state index contributed by atoms with van der Waals surface area (Å²) < 4.78 is 2.79. The Morgan fingerprint density at radius 2 is 1.91 bits per heavy atom. The summed E-state index contributed by atoms with van der Waals surface area (Å²) in [5.74, 6) is -0.396. The number of nitrogens with zero attached hydrogens (tertiary/aromatic N) is 6. The van der Waals surface area contributed by atoms with Crippen LogP contribution in [0.1, 0.15) is 16.1 Å². The van der Waals surface area contributed by atoms with E-state index in [9.17, 15) is 19.7 Å². The Kier molecular flexibility index (Phi) is 5.34. The number of anilines is 1. The molecule has 0 bridgehead atoms. The van der Waals surface area contributed by atoms with Gasteiger partial charge < -0.3 is 5.32 Å². The summed E-state index contributed by atoms with van der Waals surface area (Å²) in [5, 5.41) is 22.6. The molecule has 0 fully saturated rings. The lowest BCUT2D eigenvalue weighted by Gasteiger charge is -2.09. The van der Waals surface area contributed by atoms with Crippen molar-refractivity contribution in [2.24, 2.45) is 0 Å². The number of nitro benzene ring substituents is 1. The Morgan fingerprint density at radius 1 is 1.14 bits per heavy atom. The molecule has 0 spiro atoms. The Morgan fingerprint density at radius 3 is 2.66 bits per heavy atom. The predicted octanol–water partition coefficient (Wildman–Crippen LogP) is 3.42. The Bertz CT molecular complexity index is 1670. The molecule has 5 rings (SSSR count). The number of hydrogen-bond donors (Lipinski definition) is 2. The van der Waals surface area contributed by atoms with Crippen LogP contribution in [0.3, 0.4) is 0 Å². The lowest BCUT2D eigenvalue weighted by atomic mass is 10.2. The zero-order valence-electron chi connectivity index (χ0n) is 18.0. The molecule has 0 radical (unpaired) electrons. The van der Waals surface area contributed by atoms with Crippen LogP contribution in [-0.2, 0) is 0 Å². The Hall–Kier alpha value is -4.84. The fraction of sp³-hybridized carbons (Fsp3) is 0.0455. The van der Waals surface area contributed by atoms with Gasteiger partial charge in [0.05, 0.1) is 22.5 Å². The fourth-order valence-electron chi connectivity index (χ4n) is 3.50. The second-order valence-corrected chi connectivity index (χ2v) is 7.89. The molecule has 35 heavy (non-hydrogen) atoms. The van der Waals surface area contributed by atoms with E-state index in [1.165, 1.54) is 27.7 Å². The SMILES string of the molecule is Cc1cc(NC(=O)c2ccc(Cl)c([N+](=O)[O-])c2)n(-c2nc3c(cnn3-c3ccccc3)c(=O)[nH]2)n1. The number of carbonyl (C=O) groups excluding carboxylic acids is 1. The van der Waals surface area contributed by atoms with Crippen molar-refractivity contribution in [1.82, 2.24) is 29.5 Å². The number of para-hydroxylation sites is 1. The first-order chi connectivity index (χ1) is 16.8. The molecule has 12 nitrogen and oxygen atoms in total. The highest BCUT2D eigenvalue weighted by Crippen LogP contribution is 2.26. The fourth-order valence-corrected chi connectivity index (χ4v) is 3.68. The standard InChI is InChI=1S/C22H15ClN8O4/c1-12-9-18(25-20(32)13-7-8-16(23)17(10-13)31(34)35)30(28-12)22-26-19-15(21(33)27-22)11-24-29(19)14-5-3-2-4-6-14/h2-11H,1H3,(H,25,32)(H,26,27,33). The molecule has 0 aliphatic carbocycles. The molecule has 2 N–H and O–H groups in total. The largest absolute Gasteiger partial charge is 0.306 e. The van der Waals surface area contributed by atoms with Gasteiger partial charge in [-0.3, -0.25) is 24.7 Å². The van der Waals surface area contributed by atoms with Crippen molar-refractivity contribution in [2.75, 3.05) is 5.32 Å². The number of aryl methyl sites for hydroxylation is 1. The molecule has 1 amide bonds. The molecule has 0 unspecified atom stereocenters. The number of benzene rings is 2. The van der Waals surface area contributed by atoms with Gasteiger partial charge >= 0.3 is 0 Å². The summed E-state index contributed by atoms with van der Waals surface area (Å²) >= 11 is 5.84. The number of aromatic nitrogens is 6. The predicted molar refractivity (Wildman–Crippen MR) is 127 cm³/mol. The lowest BCUT2D eigenvalue weighted by Crippen LogP contribution is -2.19. The third-order valence-electron chi connectivity index (χ3n) is 5.11. The summed E-state index contributed by atoms with van der Waals surface area (Å²) in [6, 6.07) is 14.5. The highest BCUT2D eigenvalue weighted by atomic mass is 35.5. The Labute approximate surface area is 200 Å². The highest BCUT2D eigenvalue weighted by Gasteiger charge is 2.20. The topological polar surface area (TPSA) is 154 Å². The van der Waals surface area contributed by atoms with E-state index < -0.39 is 22.1 Å². The van der Waals surface area contributed by atoms with Crippen molar-refractivity contribution in [3.63, 3.8) is 0 Å². The molecule has 2 aromatic carbocycles. The number of nitro groups is 1. The summed E-state index contributed by atoms with van der Waals surface area (Å²) in [7, 11) is 0. The first-order valence-electron chi connectivity index (χ1n) is 10.2. The zero-order valence-corrected chi connectivity index (χ0v) is 18.7. The third-order valence-corrected chi connectivity index (χ3v) is 5.42. The van der Waals surface area contributed by atoms with Gasteiger partial charge in [-0.15, -0.1) is 0 Å². The molecule has 3 aromatic heterocycles. The van der Waals surface area contributed by atoms with Gasteiger partial charge in [0.2, 0.25) is 5.95 Å². The van der Waals surface area contributed by atoms with Crippen LogP contribution < -0.4 is 10.9 Å². The van der Waals surface area contributed by atoms with Crippen molar-refractivity contribution in [2.45, 2.75) is 6.92 Å². The number of nitrogens with one attached hydrogen (secondary N) is 2. The second kappa shape index (κ2) is 8.50. The van der Waals surface area contributed by atoms with Crippen molar-refractivity contribution in [3.05, 3.63) is 97.5 Å². The molecule has 0 saturated heterocycles. The molecular formula is C22H15ClN8O4. The van der Waals surface area contributed by atoms with Gasteiger partial charge in [0.1, 0.15) is 16.2 Å². The van der Waals surface area contributed by atoms with Gasteiger partial charge in [0.25, 0.3) is 17.2 Å². The van der Waals surface area contributed by atoms with Crippen LogP contribution in [0.2, 0.25) is 5.02 Å². The van der Waals surface area contributed by atoms with Crippen LogP contribution >= 0.6 is 11.6 Å². The molecule has 0 atom stereocenters. The molecule has 174 valence electrons. The molecule has 13 heteroatoms. The van der Waals surface area contributed by atoms with E-state index >= 15 is 0 Å². The van der Waals surface area contributed by atoms with Crippen molar-refractivity contribution in [3.8, 4) is 11.6 Å². The minimum Gasteiger partial charge on any atom is -0.306 e. The maximum Gasteiger partial charge on any atom is 0.288 e. The van der Waals surface area contributed by atoms with Gasteiger partial charge in [-0.1, -0.05) is 29.8 Å². The van der Waals surface area contributed by atoms with E-state index in [1.807, 2.05) is 30.3 Å². The number of hydrogen-bond acceptors (Lipinski definition) is 7. The van der Waals surface area contributed by atoms with Crippen LogP contribution in [-0.4, -0.2) is 40.4 Å². The van der Waals surface area contributed by atoms with Gasteiger partial charge in [-0.25, -0.2) is 4.68 Å². The molecule has 0 aliphatic heterocycles. The molecule has 0 saturated carbocycles. The number of halogens is 1. The normalized spacial score (nSPS) is 11.0. The smallest absolute Gasteiger partial charge is 0.288 e. The molecule has 5 aromatic rings. The van der Waals surface area contributed by atoms with Crippen LogP contribution in [0, 0.1) is 17.0 Å². The van der Waals surface area contributed by atoms with Crippen LogP contribution in [0.5, 0.6) is 0 Å². The van der Waals surface area contributed by atoms with Crippen molar-refractivity contribution < 1.29 is 9.72 Å². The zero-order chi connectivity index (χ0) is 24.7. The van der Waals surface area contributed by atoms with E-state index in [-0.39, 0.29) is 27.7 Å². The minimum atomic E-state index is -0.673. The maximum absolute atomic E-state index is 12.8. The van der Waals surface area contributed by atoms with Gasteiger partial charge in [-0.05, 0) is 31.2 Å².